The van der Waals surface area contributed by atoms with Gasteiger partial charge >= 0.3 is 11.4 Å². The van der Waals surface area contributed by atoms with Crippen LogP contribution in [-0.2, 0) is 0 Å². The van der Waals surface area contributed by atoms with Crippen LogP contribution in [0.4, 0.5) is 30.4 Å². The smallest absolute Gasteiger partial charge is 0.305 e. The van der Waals surface area contributed by atoms with E-state index in [0.717, 1.165) is 52.0 Å². The highest BCUT2D eigenvalue weighted by Crippen LogP contribution is 2.44. The van der Waals surface area contributed by atoms with Gasteiger partial charge in [0.15, 0.2) is 11.3 Å². The van der Waals surface area contributed by atoms with Gasteiger partial charge in [0.05, 0.1) is 32.8 Å². The Bertz CT molecular complexity index is 3020. The van der Waals surface area contributed by atoms with Crippen LogP contribution < -0.4 is 5.73 Å². The minimum atomic E-state index is -1.01. The summed E-state index contributed by atoms with van der Waals surface area (Å²) in [6.07, 6.45) is 7.93. The quantitative estimate of drug-likeness (QED) is 0.102. The molecular weight excluding hydrogens is 756 g/mol. The van der Waals surface area contributed by atoms with Crippen molar-refractivity contribution >= 4 is 39.3 Å². The third-order valence-corrected chi connectivity index (χ3v) is 9.10. The van der Waals surface area contributed by atoms with Crippen molar-refractivity contribution in [3.05, 3.63) is 160 Å². The van der Waals surface area contributed by atoms with Crippen molar-refractivity contribution in [1.82, 2.24) is 40.3 Å². The number of nitrogens with one attached hydrogen (secondary N) is 2. The Labute approximate surface area is 323 Å². The maximum Gasteiger partial charge on any atom is 0.305 e. The van der Waals surface area contributed by atoms with Crippen molar-refractivity contribution in [3.8, 4) is 55.9 Å². The first kappa shape index (κ1) is 36.6. The van der Waals surface area contributed by atoms with Gasteiger partial charge in [-0.05, 0) is 89.5 Å². The number of pyridine rings is 4. The highest BCUT2D eigenvalue weighted by Gasteiger charge is 2.25. The second-order valence-electron chi connectivity index (χ2n) is 12.6. The molecule has 0 saturated heterocycles. The van der Waals surface area contributed by atoms with E-state index >= 15 is 0 Å². The first-order valence-electron chi connectivity index (χ1n) is 17.0. The molecule has 0 aliphatic carbocycles. The molecule has 284 valence electrons. The number of aromatic nitrogens is 8. The lowest BCUT2D eigenvalue weighted by Crippen LogP contribution is -1.99. The summed E-state index contributed by atoms with van der Waals surface area (Å²) >= 11 is 0. The van der Waals surface area contributed by atoms with Gasteiger partial charge in [0, 0.05) is 70.1 Å². The van der Waals surface area contributed by atoms with Crippen LogP contribution in [0.2, 0.25) is 0 Å². The highest BCUT2D eigenvalue weighted by atomic mass is 19.1. The molecule has 4 N–H and O–H groups in total. The monoisotopic (exact) mass is 779 g/mol. The molecule has 0 unspecified atom stereocenters. The highest BCUT2D eigenvalue weighted by molar-refractivity contribution is 6.06. The summed E-state index contributed by atoms with van der Waals surface area (Å²) in [7, 11) is 0. The molecule has 0 aliphatic heterocycles. The molecule has 6 aromatic heterocycles. The van der Waals surface area contributed by atoms with Crippen molar-refractivity contribution in [2.45, 2.75) is 0 Å². The van der Waals surface area contributed by atoms with E-state index in [2.05, 4.69) is 40.3 Å². The standard InChI is InChI=1S/C23H12F2N6O4.C17H12FN5/c24-16-3-1-13(9-18(16)30(32)33)20-15-11-27-29-23(15)28-22(21(20)12-5-7-26-8-6-12)14-2-4-17(25)19(10-14)31(34)35;18-12-3-1-11(2-4-12)15-13(10-5-7-20-8-6-10)9-14-16(19)22-23-17(14)21-15/h1-11H,(H,27,28,29);1-9H,(H3,19,21,22,23). The lowest BCUT2D eigenvalue weighted by atomic mass is 9.89. The van der Waals surface area contributed by atoms with Crippen molar-refractivity contribution in [2.24, 2.45) is 0 Å². The normalized spacial score (nSPS) is 11.0. The Morgan fingerprint density at radius 1 is 0.586 bits per heavy atom. The molecule has 0 aliphatic rings. The maximum absolute atomic E-state index is 14.1. The Hall–Kier alpha value is -8.41. The first-order chi connectivity index (χ1) is 28.1. The summed E-state index contributed by atoms with van der Waals surface area (Å²) < 4.78 is 41.4. The Balaban J connectivity index is 0.000000176. The second-order valence-corrected chi connectivity index (χ2v) is 12.6. The minimum Gasteiger partial charge on any atom is -0.384 e. The van der Waals surface area contributed by atoms with Crippen molar-refractivity contribution < 1.29 is 23.0 Å². The summed E-state index contributed by atoms with van der Waals surface area (Å²) in [6.45, 7) is 0. The largest absolute Gasteiger partial charge is 0.384 e. The maximum atomic E-state index is 14.1. The molecule has 0 amide bonds. The summed E-state index contributed by atoms with van der Waals surface area (Å²) in [6, 6.07) is 22.1. The lowest BCUT2D eigenvalue weighted by molar-refractivity contribution is -0.387. The Kier molecular flexibility index (Phi) is 9.47. The molecule has 9 aromatic rings. The minimum absolute atomic E-state index is 0.220. The van der Waals surface area contributed by atoms with Gasteiger partial charge in [-0.2, -0.15) is 19.0 Å². The van der Waals surface area contributed by atoms with Crippen LogP contribution in [-0.4, -0.2) is 50.2 Å². The molecule has 0 saturated carbocycles. The van der Waals surface area contributed by atoms with Gasteiger partial charge in [0.25, 0.3) is 0 Å². The molecule has 0 spiro atoms. The molecule has 15 nitrogen and oxygen atoms in total. The fraction of sp³-hybridized carbons (Fsp3) is 0. The van der Waals surface area contributed by atoms with Crippen LogP contribution in [0.3, 0.4) is 0 Å². The number of nitro benzene ring substituents is 2. The number of fused-ring (bicyclic) bond motifs is 2. The molecule has 58 heavy (non-hydrogen) atoms. The molecule has 0 bridgehead atoms. The van der Waals surface area contributed by atoms with Gasteiger partial charge < -0.3 is 5.73 Å². The number of H-pyrrole nitrogens is 2. The van der Waals surface area contributed by atoms with Gasteiger partial charge in [-0.25, -0.2) is 14.4 Å². The average molecular weight is 780 g/mol. The molecule has 0 fully saturated rings. The average Bonchev–Trinajstić information content (AvgIpc) is 3.87. The van der Waals surface area contributed by atoms with Gasteiger partial charge in [0.1, 0.15) is 11.6 Å². The summed E-state index contributed by atoms with van der Waals surface area (Å²) in [5, 5.41) is 37.6. The molecular formula is C40H24F3N11O4. The number of nitrogen functional groups attached to an aromatic ring is 1. The SMILES string of the molecule is Nc1[nH]nc2nc(-c3ccc(F)cc3)c(-c3ccncc3)cc12.O=[N+]([O-])c1cc(-c2nc3[nH]ncc3c(-c3ccc(F)c([N+](=O)[O-])c3)c2-c2ccncc2)ccc1F. The Morgan fingerprint density at radius 3 is 1.81 bits per heavy atom. The van der Waals surface area contributed by atoms with E-state index in [1.54, 1.807) is 36.7 Å². The predicted octanol–water partition coefficient (Wildman–Crippen LogP) is 8.86. The zero-order chi connectivity index (χ0) is 40.5. The zero-order valence-corrected chi connectivity index (χ0v) is 29.5. The van der Waals surface area contributed by atoms with Crippen molar-refractivity contribution in [2.75, 3.05) is 5.73 Å². The van der Waals surface area contributed by atoms with E-state index in [9.17, 15) is 33.4 Å². The third kappa shape index (κ3) is 6.87. The van der Waals surface area contributed by atoms with Crippen LogP contribution >= 0.6 is 0 Å². The van der Waals surface area contributed by atoms with Crippen molar-refractivity contribution in [3.63, 3.8) is 0 Å². The summed E-state index contributed by atoms with van der Waals surface area (Å²) in [4.78, 5) is 38.4. The van der Waals surface area contributed by atoms with E-state index in [0.29, 0.717) is 33.5 Å². The first-order valence-corrected chi connectivity index (χ1v) is 17.0. The molecule has 9 rings (SSSR count). The van der Waals surface area contributed by atoms with Gasteiger partial charge in [0.2, 0.25) is 11.6 Å². The van der Waals surface area contributed by atoms with Crippen LogP contribution in [0.15, 0.2) is 122 Å². The molecule has 3 aromatic carbocycles. The number of hydrogen-bond acceptors (Lipinski definition) is 11. The van der Waals surface area contributed by atoms with Gasteiger partial charge in [-0.15, -0.1) is 0 Å². The topological polar surface area (TPSA) is 221 Å². The van der Waals surface area contributed by atoms with E-state index in [1.807, 2.05) is 18.2 Å². The number of nitrogens with zero attached hydrogens (tertiary/aromatic N) is 8. The molecule has 6 heterocycles. The van der Waals surface area contributed by atoms with E-state index < -0.39 is 32.9 Å². The summed E-state index contributed by atoms with van der Waals surface area (Å²) in [5.41, 5.74) is 10.7. The number of nitro groups is 2. The number of halogens is 3. The van der Waals surface area contributed by atoms with Crippen molar-refractivity contribution in [1.29, 1.82) is 0 Å². The third-order valence-electron chi connectivity index (χ3n) is 9.10. The molecule has 0 atom stereocenters. The van der Waals surface area contributed by atoms with Crippen LogP contribution in [0.25, 0.3) is 78.0 Å². The van der Waals surface area contributed by atoms with Crippen LogP contribution in [0, 0.1) is 37.7 Å². The fourth-order valence-electron chi connectivity index (χ4n) is 6.42. The van der Waals surface area contributed by atoms with E-state index in [-0.39, 0.29) is 28.3 Å². The number of hydrogen-bond donors (Lipinski definition) is 3. The Morgan fingerprint density at radius 2 is 1.17 bits per heavy atom. The number of aromatic amines is 2. The predicted molar refractivity (Wildman–Crippen MR) is 208 cm³/mol. The number of nitrogens with two attached hydrogens (primary N) is 1. The van der Waals surface area contributed by atoms with E-state index in [1.165, 1.54) is 42.9 Å². The van der Waals surface area contributed by atoms with Crippen LogP contribution in [0.1, 0.15) is 0 Å². The number of benzene rings is 3. The van der Waals surface area contributed by atoms with Gasteiger partial charge in [-0.1, -0.05) is 6.07 Å². The fourth-order valence-corrected chi connectivity index (χ4v) is 6.42. The van der Waals surface area contributed by atoms with Gasteiger partial charge in [-0.3, -0.25) is 40.4 Å². The molecule has 18 heteroatoms. The second kappa shape index (κ2) is 15.0. The van der Waals surface area contributed by atoms with Crippen LogP contribution in [0.5, 0.6) is 0 Å². The molecule has 0 radical (unpaired) electrons. The zero-order valence-electron chi connectivity index (χ0n) is 29.5. The summed E-state index contributed by atoms with van der Waals surface area (Å²) in [5.74, 6) is -1.84. The lowest BCUT2D eigenvalue weighted by Gasteiger charge is -2.16. The number of rotatable bonds is 7. The van der Waals surface area contributed by atoms with E-state index in [4.69, 9.17) is 5.73 Å². The number of anilines is 1.